The molecule has 0 spiro atoms. The van der Waals surface area contributed by atoms with Crippen LogP contribution in [0.25, 0.3) is 10.8 Å². The van der Waals surface area contributed by atoms with Crippen molar-refractivity contribution in [1.82, 2.24) is 0 Å². The highest BCUT2D eigenvalue weighted by Gasteiger charge is 2.32. The number of fused-ring (bicyclic) bond motifs is 2. The minimum Gasteiger partial charge on any atom is -0.349 e. The van der Waals surface area contributed by atoms with Gasteiger partial charge in [0.25, 0.3) is 0 Å². The van der Waals surface area contributed by atoms with Crippen LogP contribution >= 0.6 is 0 Å². The Labute approximate surface area is 125 Å². The Morgan fingerprint density at radius 3 is 1.95 bits per heavy atom. The van der Waals surface area contributed by atoms with Crippen LogP contribution in [0.4, 0.5) is 11.4 Å². The van der Waals surface area contributed by atoms with Gasteiger partial charge in [-0.3, -0.25) is 0 Å². The Balaban J connectivity index is 1.91. The van der Waals surface area contributed by atoms with Crippen LogP contribution in [0.15, 0.2) is 66.7 Å². The van der Waals surface area contributed by atoms with E-state index in [1.807, 2.05) is 0 Å². The first-order valence-corrected chi connectivity index (χ1v) is 7.30. The average molecular weight is 274 g/mol. The number of nitrogens with zero attached hydrogens (tertiary/aromatic N) is 2. The summed E-state index contributed by atoms with van der Waals surface area (Å²) in [5.74, 6) is 0. The average Bonchev–Trinajstić information content (AvgIpc) is 2.79. The monoisotopic (exact) mass is 274 g/mol. The lowest BCUT2D eigenvalue weighted by molar-refractivity contribution is 0.700. The molecule has 0 aliphatic carbocycles. The summed E-state index contributed by atoms with van der Waals surface area (Å²) >= 11 is 0. The van der Waals surface area contributed by atoms with Gasteiger partial charge in [-0.05, 0) is 22.9 Å². The van der Waals surface area contributed by atoms with Gasteiger partial charge < -0.3 is 9.80 Å². The third-order valence-corrected chi connectivity index (χ3v) is 4.48. The smallest absolute Gasteiger partial charge is 0.128 e. The van der Waals surface area contributed by atoms with Gasteiger partial charge in [-0.25, -0.2) is 0 Å². The van der Waals surface area contributed by atoms with Crippen LogP contribution in [0.3, 0.4) is 0 Å². The fraction of sp³-hybridized carbons (Fsp3) is 0.158. The van der Waals surface area contributed by atoms with E-state index in [1.54, 1.807) is 0 Å². The van der Waals surface area contributed by atoms with E-state index in [4.69, 9.17) is 0 Å². The predicted octanol–water partition coefficient (Wildman–Crippen LogP) is 4.42. The molecule has 104 valence electrons. The molecule has 1 heterocycles. The van der Waals surface area contributed by atoms with Gasteiger partial charge >= 0.3 is 0 Å². The standard InChI is InChI=1S/C19H18N2/c1-20-17-12-5-6-13-18(17)21(2)19(20)16-11-7-9-14-8-3-4-10-15(14)16/h3-13,19H,1-2H3. The topological polar surface area (TPSA) is 6.48 Å². The number of hydrogen-bond donors (Lipinski definition) is 0. The van der Waals surface area contributed by atoms with Crippen molar-refractivity contribution in [1.29, 1.82) is 0 Å². The van der Waals surface area contributed by atoms with Crippen molar-refractivity contribution in [2.24, 2.45) is 0 Å². The van der Waals surface area contributed by atoms with Gasteiger partial charge in [0.1, 0.15) is 6.17 Å². The second-order valence-electron chi connectivity index (χ2n) is 5.65. The summed E-state index contributed by atoms with van der Waals surface area (Å²) in [4.78, 5) is 4.72. The zero-order chi connectivity index (χ0) is 14.4. The first-order valence-electron chi connectivity index (χ1n) is 7.30. The Morgan fingerprint density at radius 2 is 1.24 bits per heavy atom. The van der Waals surface area contributed by atoms with Crippen LogP contribution < -0.4 is 9.80 Å². The van der Waals surface area contributed by atoms with Crippen LogP contribution in [0.2, 0.25) is 0 Å². The molecule has 0 aromatic heterocycles. The maximum Gasteiger partial charge on any atom is 0.128 e. The van der Waals surface area contributed by atoms with Crippen molar-refractivity contribution < 1.29 is 0 Å². The normalized spacial score (nSPS) is 14.8. The summed E-state index contributed by atoms with van der Waals surface area (Å²) in [6.45, 7) is 0. The molecule has 1 aliphatic heterocycles. The first kappa shape index (κ1) is 12.3. The Bertz CT molecular complexity index is 775. The van der Waals surface area contributed by atoms with E-state index < -0.39 is 0 Å². The van der Waals surface area contributed by atoms with Crippen LogP contribution in [-0.4, -0.2) is 14.1 Å². The minimum absolute atomic E-state index is 0.244. The summed E-state index contributed by atoms with van der Waals surface area (Å²) in [6.07, 6.45) is 0.244. The highest BCUT2D eigenvalue weighted by molar-refractivity contribution is 5.88. The zero-order valence-electron chi connectivity index (χ0n) is 12.3. The molecule has 0 fully saturated rings. The van der Waals surface area contributed by atoms with Crippen LogP contribution in [0, 0.1) is 0 Å². The Kier molecular flexibility index (Phi) is 2.64. The molecule has 3 aromatic rings. The molecule has 3 aromatic carbocycles. The summed E-state index contributed by atoms with van der Waals surface area (Å²) in [5.41, 5.74) is 3.94. The maximum atomic E-state index is 2.36. The van der Waals surface area contributed by atoms with Crippen molar-refractivity contribution in [3.05, 3.63) is 72.3 Å². The lowest BCUT2D eigenvalue weighted by Gasteiger charge is -2.29. The molecule has 1 aliphatic rings. The number of rotatable bonds is 1. The number of benzene rings is 3. The van der Waals surface area contributed by atoms with Gasteiger partial charge in [0.05, 0.1) is 11.4 Å². The molecule has 0 radical (unpaired) electrons. The Morgan fingerprint density at radius 1 is 0.667 bits per heavy atom. The van der Waals surface area contributed by atoms with Gasteiger partial charge in [-0.1, -0.05) is 54.6 Å². The summed E-state index contributed by atoms with van der Waals surface area (Å²) in [6, 6.07) is 23.8. The van der Waals surface area contributed by atoms with Crippen molar-refractivity contribution in [3.63, 3.8) is 0 Å². The third-order valence-electron chi connectivity index (χ3n) is 4.48. The Hall–Kier alpha value is -2.48. The quantitative estimate of drug-likeness (QED) is 0.648. The van der Waals surface area contributed by atoms with Gasteiger partial charge in [0, 0.05) is 19.7 Å². The highest BCUT2D eigenvalue weighted by Crippen LogP contribution is 2.45. The van der Waals surface area contributed by atoms with Crippen molar-refractivity contribution in [2.45, 2.75) is 6.17 Å². The lowest BCUT2D eigenvalue weighted by Crippen LogP contribution is -2.30. The van der Waals surface area contributed by atoms with Gasteiger partial charge in [-0.2, -0.15) is 0 Å². The zero-order valence-corrected chi connectivity index (χ0v) is 12.3. The fourth-order valence-electron chi connectivity index (χ4n) is 3.48. The van der Waals surface area contributed by atoms with Crippen LogP contribution in [-0.2, 0) is 0 Å². The second-order valence-corrected chi connectivity index (χ2v) is 5.65. The van der Waals surface area contributed by atoms with Crippen LogP contribution in [0.5, 0.6) is 0 Å². The van der Waals surface area contributed by atoms with Gasteiger partial charge in [0.15, 0.2) is 0 Å². The molecule has 0 unspecified atom stereocenters. The lowest BCUT2D eigenvalue weighted by atomic mass is 10.0. The van der Waals surface area contributed by atoms with E-state index >= 15 is 0 Å². The SMILES string of the molecule is CN1c2ccccc2N(C)C1c1cccc2ccccc12. The third kappa shape index (κ3) is 1.72. The van der Waals surface area contributed by atoms with E-state index in [0.29, 0.717) is 0 Å². The van der Waals surface area contributed by atoms with Crippen molar-refractivity contribution in [3.8, 4) is 0 Å². The second kappa shape index (κ2) is 4.52. The largest absolute Gasteiger partial charge is 0.349 e. The molecule has 0 saturated carbocycles. The molecule has 21 heavy (non-hydrogen) atoms. The van der Waals surface area contributed by atoms with E-state index in [1.165, 1.54) is 27.7 Å². The predicted molar refractivity (Wildman–Crippen MR) is 89.9 cm³/mol. The highest BCUT2D eigenvalue weighted by atomic mass is 15.4. The van der Waals surface area contributed by atoms with E-state index in [-0.39, 0.29) is 6.17 Å². The molecule has 2 nitrogen and oxygen atoms in total. The number of para-hydroxylation sites is 2. The molecule has 0 bridgehead atoms. The van der Waals surface area contributed by atoms with Gasteiger partial charge in [0.2, 0.25) is 0 Å². The number of hydrogen-bond acceptors (Lipinski definition) is 2. The molecule has 0 amide bonds. The molecule has 0 saturated heterocycles. The molecular formula is C19H18N2. The first-order chi connectivity index (χ1) is 10.3. The summed E-state index contributed by atoms with van der Waals surface area (Å²) < 4.78 is 0. The van der Waals surface area contributed by atoms with E-state index in [9.17, 15) is 0 Å². The fourth-order valence-corrected chi connectivity index (χ4v) is 3.48. The molecule has 4 rings (SSSR count). The summed E-state index contributed by atoms with van der Waals surface area (Å²) in [7, 11) is 4.35. The summed E-state index contributed by atoms with van der Waals surface area (Å²) in [5, 5.41) is 2.63. The van der Waals surface area contributed by atoms with Crippen molar-refractivity contribution in [2.75, 3.05) is 23.9 Å². The van der Waals surface area contributed by atoms with Crippen LogP contribution in [0.1, 0.15) is 11.7 Å². The van der Waals surface area contributed by atoms with Gasteiger partial charge in [-0.15, -0.1) is 0 Å². The molecule has 0 N–H and O–H groups in total. The molecule has 2 heteroatoms. The van der Waals surface area contributed by atoms with Crippen molar-refractivity contribution >= 4 is 22.1 Å². The maximum absolute atomic E-state index is 2.36. The molecular weight excluding hydrogens is 256 g/mol. The molecule has 0 atom stereocenters. The van der Waals surface area contributed by atoms with E-state index in [0.717, 1.165) is 0 Å². The minimum atomic E-state index is 0.244. The van der Waals surface area contributed by atoms with E-state index in [2.05, 4.69) is 90.6 Å². The number of anilines is 2.